The molecule has 2 heterocycles. The molecule has 0 aliphatic carbocycles. The van der Waals surface area contributed by atoms with Crippen molar-refractivity contribution in [3.05, 3.63) is 81.7 Å². The lowest BCUT2D eigenvalue weighted by Crippen LogP contribution is -2.32. The second-order valence-corrected chi connectivity index (χ2v) is 9.68. The Hall–Kier alpha value is -2.51. The lowest BCUT2D eigenvalue weighted by atomic mass is 10.2. The molecule has 0 N–H and O–H groups in total. The third-order valence-corrected chi connectivity index (χ3v) is 7.79. The summed E-state index contributed by atoms with van der Waals surface area (Å²) in [4.78, 5) is 29.6. The van der Waals surface area contributed by atoms with Gasteiger partial charge in [0, 0.05) is 24.9 Å². The highest BCUT2D eigenvalue weighted by Crippen LogP contribution is 2.48. The van der Waals surface area contributed by atoms with Gasteiger partial charge in [-0.2, -0.15) is 0 Å². The monoisotopic (exact) mass is 485 g/mol. The van der Waals surface area contributed by atoms with Gasteiger partial charge in [0.1, 0.15) is 4.88 Å². The van der Waals surface area contributed by atoms with Crippen LogP contribution in [0.4, 0.5) is 11.4 Å². The predicted molar refractivity (Wildman–Crippen MR) is 126 cm³/mol. The summed E-state index contributed by atoms with van der Waals surface area (Å²) in [6.45, 7) is -0.405. The molecular weight excluding hydrogens is 473 g/mol. The number of carbonyl (C=O) groups excluding carboxylic acids is 2. The molecule has 0 atom stereocenters. The summed E-state index contributed by atoms with van der Waals surface area (Å²) in [6.07, 6.45) is 0. The van der Waals surface area contributed by atoms with Crippen LogP contribution in [-0.4, -0.2) is 18.5 Å². The number of rotatable bonds is 3. The summed E-state index contributed by atoms with van der Waals surface area (Å²) in [7, 11) is 0. The average molecular weight is 486 g/mol. The minimum atomic E-state index is -0.636. The number of para-hydroxylation sites is 2. The number of carbonyl (C=O) groups is 2. The zero-order valence-electron chi connectivity index (χ0n) is 15.8. The van der Waals surface area contributed by atoms with Gasteiger partial charge in [-0.25, -0.2) is 4.79 Å². The third kappa shape index (κ3) is 3.70. The maximum atomic E-state index is 13.2. The second kappa shape index (κ2) is 8.20. The largest absolute Gasteiger partial charge is 0.451 e. The number of hydrogen-bond acceptors (Lipinski definition) is 5. The van der Waals surface area contributed by atoms with Crippen LogP contribution in [0.2, 0.25) is 10.0 Å². The Bertz CT molecular complexity index is 1310. The molecule has 1 aliphatic rings. The van der Waals surface area contributed by atoms with Crippen LogP contribution in [0.15, 0.2) is 76.5 Å². The van der Waals surface area contributed by atoms with Gasteiger partial charge >= 0.3 is 5.97 Å². The number of halogens is 2. The number of esters is 1. The minimum absolute atomic E-state index is 0.252. The van der Waals surface area contributed by atoms with E-state index in [1.165, 1.54) is 11.3 Å². The maximum absolute atomic E-state index is 13.2. The number of amides is 1. The fourth-order valence-electron chi connectivity index (χ4n) is 3.40. The highest BCUT2D eigenvalue weighted by molar-refractivity contribution is 7.99. The number of anilines is 2. The molecule has 0 unspecified atom stereocenters. The molecule has 8 heteroatoms. The molecule has 31 heavy (non-hydrogen) atoms. The molecule has 0 radical (unpaired) electrons. The highest BCUT2D eigenvalue weighted by atomic mass is 35.5. The number of ether oxygens (including phenoxy) is 1. The van der Waals surface area contributed by atoms with Gasteiger partial charge in [-0.15, -0.1) is 11.3 Å². The van der Waals surface area contributed by atoms with E-state index in [1.54, 1.807) is 34.9 Å². The van der Waals surface area contributed by atoms with Gasteiger partial charge < -0.3 is 4.74 Å². The molecule has 154 valence electrons. The van der Waals surface area contributed by atoms with Crippen molar-refractivity contribution in [1.29, 1.82) is 0 Å². The molecular formula is C23H13Cl2NO3S2. The average Bonchev–Trinajstić information content (AvgIpc) is 3.11. The van der Waals surface area contributed by atoms with Crippen LogP contribution in [0.1, 0.15) is 9.67 Å². The van der Waals surface area contributed by atoms with Gasteiger partial charge in [0.2, 0.25) is 0 Å². The summed E-state index contributed by atoms with van der Waals surface area (Å²) in [5.41, 5.74) is 1.53. The molecule has 1 aliphatic heterocycles. The summed E-state index contributed by atoms with van der Waals surface area (Å²) in [5, 5.41) is 1.59. The molecule has 0 bridgehead atoms. The fourth-order valence-corrected chi connectivity index (χ4v) is 6.14. The van der Waals surface area contributed by atoms with E-state index < -0.39 is 12.6 Å². The van der Waals surface area contributed by atoms with E-state index in [-0.39, 0.29) is 10.8 Å². The van der Waals surface area contributed by atoms with E-state index in [0.29, 0.717) is 10.0 Å². The molecule has 0 saturated heterocycles. The van der Waals surface area contributed by atoms with Gasteiger partial charge in [-0.1, -0.05) is 65.3 Å². The van der Waals surface area contributed by atoms with Crippen LogP contribution in [-0.2, 0) is 9.53 Å². The number of nitrogens with zero attached hydrogens (tertiary/aromatic N) is 1. The van der Waals surface area contributed by atoms with Gasteiger partial charge in [-0.3, -0.25) is 9.69 Å². The Labute approximate surface area is 196 Å². The van der Waals surface area contributed by atoms with Crippen molar-refractivity contribution in [2.45, 2.75) is 9.79 Å². The van der Waals surface area contributed by atoms with Crippen molar-refractivity contribution >= 4 is 79.6 Å². The van der Waals surface area contributed by atoms with Crippen molar-refractivity contribution < 1.29 is 14.3 Å². The summed E-state index contributed by atoms with van der Waals surface area (Å²) < 4.78 is 6.15. The molecule has 4 nitrogen and oxygen atoms in total. The minimum Gasteiger partial charge on any atom is -0.451 e. The topological polar surface area (TPSA) is 46.6 Å². The van der Waals surface area contributed by atoms with E-state index >= 15 is 0 Å². The van der Waals surface area contributed by atoms with Crippen LogP contribution in [0.5, 0.6) is 0 Å². The highest BCUT2D eigenvalue weighted by Gasteiger charge is 2.29. The third-order valence-electron chi connectivity index (χ3n) is 4.79. The predicted octanol–water partition coefficient (Wildman–Crippen LogP) is 7.19. The molecule has 0 fully saturated rings. The first-order chi connectivity index (χ1) is 15.0. The molecule has 0 spiro atoms. The van der Waals surface area contributed by atoms with Crippen LogP contribution in [0.25, 0.3) is 10.1 Å². The summed E-state index contributed by atoms with van der Waals surface area (Å²) in [6, 6.07) is 20.5. The van der Waals surface area contributed by atoms with Gasteiger partial charge in [0.25, 0.3) is 5.91 Å². The normalized spacial score (nSPS) is 12.4. The van der Waals surface area contributed by atoms with Crippen molar-refractivity contribution in [1.82, 2.24) is 0 Å². The number of benzene rings is 3. The van der Waals surface area contributed by atoms with Gasteiger partial charge in [-0.05, 0) is 36.4 Å². The summed E-state index contributed by atoms with van der Waals surface area (Å²) >= 11 is 15.2. The first-order valence-electron chi connectivity index (χ1n) is 9.26. The quantitative estimate of drug-likeness (QED) is 0.288. The number of fused-ring (bicyclic) bond motifs is 3. The van der Waals surface area contributed by atoms with Gasteiger partial charge in [0.05, 0.1) is 16.4 Å². The molecule has 5 rings (SSSR count). The zero-order chi connectivity index (χ0) is 21.5. The van der Waals surface area contributed by atoms with Crippen LogP contribution < -0.4 is 4.90 Å². The lowest BCUT2D eigenvalue weighted by molar-refractivity contribution is -0.121. The van der Waals surface area contributed by atoms with Crippen LogP contribution in [0.3, 0.4) is 0 Å². The number of thiophene rings is 1. The number of hydrogen-bond donors (Lipinski definition) is 0. The SMILES string of the molecule is O=C(OCC(=O)N1c2ccccc2Sc2ccccc21)c1sc2cc(Cl)ccc2c1Cl. The van der Waals surface area contributed by atoms with E-state index in [9.17, 15) is 9.59 Å². The van der Waals surface area contributed by atoms with E-state index in [0.717, 1.165) is 31.3 Å². The first kappa shape index (κ1) is 20.4. The smallest absolute Gasteiger partial charge is 0.350 e. The maximum Gasteiger partial charge on any atom is 0.350 e. The lowest BCUT2D eigenvalue weighted by Gasteiger charge is -2.30. The van der Waals surface area contributed by atoms with Crippen molar-refractivity contribution in [2.24, 2.45) is 0 Å². The second-order valence-electron chi connectivity index (χ2n) is 6.73. The van der Waals surface area contributed by atoms with Crippen LogP contribution in [0, 0.1) is 0 Å². The van der Waals surface area contributed by atoms with E-state index in [2.05, 4.69) is 0 Å². The molecule has 4 aromatic rings. The Morgan fingerprint density at radius 1 is 0.903 bits per heavy atom. The Morgan fingerprint density at radius 3 is 2.23 bits per heavy atom. The Kier molecular flexibility index (Phi) is 5.40. The molecule has 3 aromatic carbocycles. The van der Waals surface area contributed by atoms with Crippen LogP contribution >= 0.6 is 46.3 Å². The Balaban J connectivity index is 1.40. The van der Waals surface area contributed by atoms with E-state index in [4.69, 9.17) is 27.9 Å². The van der Waals surface area contributed by atoms with Crippen molar-refractivity contribution in [3.8, 4) is 0 Å². The molecule has 0 saturated carbocycles. The van der Waals surface area contributed by atoms with E-state index in [1.807, 2.05) is 48.5 Å². The Morgan fingerprint density at radius 2 is 1.55 bits per heavy atom. The van der Waals surface area contributed by atoms with Crippen molar-refractivity contribution in [3.63, 3.8) is 0 Å². The fraction of sp³-hybridized carbons (Fsp3) is 0.0435. The standard InChI is InChI=1S/C23H13Cl2NO3S2/c24-13-9-10-14-19(11-13)31-22(21(14)25)23(28)29-12-20(27)26-15-5-1-3-7-17(15)30-18-8-4-2-6-16(18)26/h1-11H,12H2. The molecule has 1 amide bonds. The zero-order valence-corrected chi connectivity index (χ0v) is 18.9. The first-order valence-corrected chi connectivity index (χ1v) is 11.7. The summed E-state index contributed by atoms with van der Waals surface area (Å²) in [5.74, 6) is -0.975. The van der Waals surface area contributed by atoms with Gasteiger partial charge in [0.15, 0.2) is 6.61 Å². The van der Waals surface area contributed by atoms with Crippen molar-refractivity contribution in [2.75, 3.05) is 11.5 Å². The molecule has 1 aromatic heterocycles.